The summed E-state index contributed by atoms with van der Waals surface area (Å²) in [5, 5.41) is 7.09. The van der Waals surface area contributed by atoms with E-state index in [1.54, 1.807) is 17.9 Å². The summed E-state index contributed by atoms with van der Waals surface area (Å²) in [6, 6.07) is 0. The summed E-state index contributed by atoms with van der Waals surface area (Å²) in [4.78, 5) is 12.0. The van der Waals surface area contributed by atoms with Gasteiger partial charge in [0, 0.05) is 18.8 Å². The number of hydrogen-bond acceptors (Lipinski definition) is 3. The third kappa shape index (κ3) is 3.06. The molecule has 5 heteroatoms. The van der Waals surface area contributed by atoms with Gasteiger partial charge in [0.1, 0.15) is 0 Å². The van der Waals surface area contributed by atoms with E-state index in [2.05, 4.69) is 10.4 Å². The van der Waals surface area contributed by atoms with Crippen LogP contribution < -0.4 is 11.1 Å². The first kappa shape index (κ1) is 12.7. The van der Waals surface area contributed by atoms with Crippen LogP contribution in [0, 0.1) is 6.92 Å². The highest BCUT2D eigenvalue weighted by Crippen LogP contribution is 2.10. The Bertz CT molecular complexity index is 381. The number of nitrogens with zero attached hydrogens (tertiary/aromatic N) is 2. The van der Waals surface area contributed by atoms with Crippen molar-refractivity contribution in [3.8, 4) is 0 Å². The van der Waals surface area contributed by atoms with Crippen molar-refractivity contribution >= 4 is 5.91 Å². The number of carbonyl (C=O) groups excluding carboxylic acids is 1. The first-order valence-corrected chi connectivity index (χ1v) is 5.38. The molecule has 0 saturated carbocycles. The number of nitrogens with two attached hydrogens (primary N) is 1. The number of carbonyl (C=O) groups is 1. The van der Waals surface area contributed by atoms with E-state index >= 15 is 0 Å². The number of aryl methyl sites for hydroxylation is 2. The van der Waals surface area contributed by atoms with Gasteiger partial charge in [-0.1, -0.05) is 0 Å². The van der Waals surface area contributed by atoms with Crippen molar-refractivity contribution in [1.29, 1.82) is 0 Å². The van der Waals surface area contributed by atoms with E-state index < -0.39 is 0 Å². The van der Waals surface area contributed by atoms with Gasteiger partial charge in [-0.05, 0) is 33.7 Å². The Balaban J connectivity index is 2.76. The second-order valence-corrected chi connectivity index (χ2v) is 4.68. The normalized spacial score (nSPS) is 11.6. The molecule has 0 aliphatic rings. The predicted octanol–water partition coefficient (Wildman–Crippen LogP) is 0.586. The van der Waals surface area contributed by atoms with Crippen molar-refractivity contribution in [3.63, 3.8) is 0 Å². The highest BCUT2D eigenvalue weighted by Gasteiger charge is 2.22. The maximum atomic E-state index is 12.0. The monoisotopic (exact) mass is 224 g/mol. The summed E-state index contributed by atoms with van der Waals surface area (Å²) in [5.74, 6) is -0.0935. The Morgan fingerprint density at radius 2 is 2.25 bits per heavy atom. The summed E-state index contributed by atoms with van der Waals surface area (Å²) < 4.78 is 1.64. The van der Waals surface area contributed by atoms with Crippen LogP contribution in [-0.2, 0) is 7.05 Å². The Morgan fingerprint density at radius 3 is 2.69 bits per heavy atom. The molecule has 0 spiro atoms. The molecule has 0 aliphatic heterocycles. The molecule has 0 radical (unpaired) electrons. The van der Waals surface area contributed by atoms with Gasteiger partial charge in [0.25, 0.3) is 5.91 Å². The first-order valence-electron chi connectivity index (χ1n) is 5.38. The second-order valence-electron chi connectivity index (χ2n) is 4.68. The van der Waals surface area contributed by atoms with E-state index in [9.17, 15) is 4.79 Å². The fraction of sp³-hybridized carbons (Fsp3) is 0.636. The molecule has 3 N–H and O–H groups in total. The molecule has 0 atom stereocenters. The lowest BCUT2D eigenvalue weighted by molar-refractivity contribution is 0.0909. The molecule has 16 heavy (non-hydrogen) atoms. The molecule has 0 aromatic carbocycles. The lowest BCUT2D eigenvalue weighted by Gasteiger charge is -2.25. The van der Waals surface area contributed by atoms with E-state index in [1.807, 2.05) is 20.8 Å². The lowest BCUT2D eigenvalue weighted by atomic mass is 10.0. The molecule has 0 bridgehead atoms. The molecule has 1 aromatic rings. The minimum atomic E-state index is -0.284. The van der Waals surface area contributed by atoms with E-state index in [-0.39, 0.29) is 11.4 Å². The Hall–Kier alpha value is -1.36. The van der Waals surface area contributed by atoms with Gasteiger partial charge in [0.2, 0.25) is 0 Å². The molecule has 1 rings (SSSR count). The van der Waals surface area contributed by atoms with E-state index in [4.69, 9.17) is 5.73 Å². The topological polar surface area (TPSA) is 72.9 Å². The maximum absolute atomic E-state index is 12.0. The third-order valence-electron chi connectivity index (χ3n) is 2.48. The minimum absolute atomic E-state index is 0.0935. The van der Waals surface area contributed by atoms with Gasteiger partial charge >= 0.3 is 0 Å². The third-order valence-corrected chi connectivity index (χ3v) is 2.48. The number of rotatable bonds is 4. The standard InChI is InChI=1S/C11H20N4O/c1-8-9(7-15(4)14-8)10(16)13-11(2,3)5-6-12/h7H,5-6,12H2,1-4H3,(H,13,16). The zero-order chi connectivity index (χ0) is 12.3. The van der Waals surface area contributed by atoms with Crippen molar-refractivity contribution in [2.24, 2.45) is 12.8 Å². The predicted molar refractivity (Wildman–Crippen MR) is 63.2 cm³/mol. The summed E-state index contributed by atoms with van der Waals surface area (Å²) in [6.45, 7) is 6.30. The molecular weight excluding hydrogens is 204 g/mol. The van der Waals surface area contributed by atoms with Crippen molar-refractivity contribution < 1.29 is 4.79 Å². The van der Waals surface area contributed by atoms with Gasteiger partial charge in [-0.15, -0.1) is 0 Å². The largest absolute Gasteiger partial charge is 0.347 e. The number of aromatic nitrogens is 2. The van der Waals surface area contributed by atoms with Gasteiger partial charge < -0.3 is 11.1 Å². The van der Waals surface area contributed by atoms with Crippen molar-refractivity contribution in [2.75, 3.05) is 6.54 Å². The Labute approximate surface area is 96.0 Å². The molecule has 0 fully saturated rings. The molecule has 1 aromatic heterocycles. The van der Waals surface area contributed by atoms with Crippen LogP contribution in [0.3, 0.4) is 0 Å². The van der Waals surface area contributed by atoms with Gasteiger partial charge in [0.05, 0.1) is 11.3 Å². The zero-order valence-corrected chi connectivity index (χ0v) is 10.4. The first-order chi connectivity index (χ1) is 7.35. The van der Waals surface area contributed by atoms with Crippen molar-refractivity contribution in [2.45, 2.75) is 32.7 Å². The van der Waals surface area contributed by atoms with E-state index in [1.165, 1.54) is 0 Å². The van der Waals surface area contributed by atoms with Crippen LogP contribution in [0.2, 0.25) is 0 Å². The van der Waals surface area contributed by atoms with Crippen LogP contribution in [0.1, 0.15) is 36.3 Å². The molecule has 1 heterocycles. The molecule has 0 saturated heterocycles. The summed E-state index contributed by atoms with van der Waals surface area (Å²) in [7, 11) is 1.80. The summed E-state index contributed by atoms with van der Waals surface area (Å²) >= 11 is 0. The van der Waals surface area contributed by atoms with Crippen LogP contribution >= 0.6 is 0 Å². The van der Waals surface area contributed by atoms with Crippen LogP contribution in [0.5, 0.6) is 0 Å². The smallest absolute Gasteiger partial charge is 0.255 e. The molecule has 90 valence electrons. The summed E-state index contributed by atoms with van der Waals surface area (Å²) in [5.41, 5.74) is 6.57. The van der Waals surface area contributed by atoms with Gasteiger partial charge in [-0.2, -0.15) is 5.10 Å². The molecule has 0 aliphatic carbocycles. The average molecular weight is 224 g/mol. The Morgan fingerprint density at radius 1 is 1.62 bits per heavy atom. The SMILES string of the molecule is Cc1nn(C)cc1C(=O)NC(C)(C)CCN. The van der Waals surface area contributed by atoms with Crippen LogP contribution in [0.4, 0.5) is 0 Å². The number of nitrogens with one attached hydrogen (secondary N) is 1. The second kappa shape index (κ2) is 4.65. The quantitative estimate of drug-likeness (QED) is 0.786. The number of hydrogen-bond donors (Lipinski definition) is 2. The molecule has 5 nitrogen and oxygen atoms in total. The van der Waals surface area contributed by atoms with Crippen molar-refractivity contribution in [1.82, 2.24) is 15.1 Å². The van der Waals surface area contributed by atoms with E-state index in [0.717, 1.165) is 12.1 Å². The van der Waals surface area contributed by atoms with Crippen LogP contribution in [0.15, 0.2) is 6.20 Å². The highest BCUT2D eigenvalue weighted by atomic mass is 16.1. The summed E-state index contributed by atoms with van der Waals surface area (Å²) in [6.07, 6.45) is 2.47. The maximum Gasteiger partial charge on any atom is 0.255 e. The Kier molecular flexibility index (Phi) is 3.70. The van der Waals surface area contributed by atoms with E-state index in [0.29, 0.717) is 12.1 Å². The zero-order valence-electron chi connectivity index (χ0n) is 10.4. The fourth-order valence-corrected chi connectivity index (χ4v) is 1.62. The molecule has 0 unspecified atom stereocenters. The van der Waals surface area contributed by atoms with Crippen LogP contribution in [-0.4, -0.2) is 27.8 Å². The molecular formula is C11H20N4O. The fourth-order valence-electron chi connectivity index (χ4n) is 1.62. The highest BCUT2D eigenvalue weighted by molar-refractivity contribution is 5.95. The average Bonchev–Trinajstić information content (AvgIpc) is 2.44. The van der Waals surface area contributed by atoms with Crippen molar-refractivity contribution in [3.05, 3.63) is 17.5 Å². The van der Waals surface area contributed by atoms with Gasteiger partial charge in [-0.25, -0.2) is 0 Å². The minimum Gasteiger partial charge on any atom is -0.347 e. The lowest BCUT2D eigenvalue weighted by Crippen LogP contribution is -2.44. The van der Waals surface area contributed by atoms with Gasteiger partial charge in [0.15, 0.2) is 0 Å². The number of amides is 1. The van der Waals surface area contributed by atoms with Gasteiger partial charge in [-0.3, -0.25) is 9.48 Å². The molecule has 1 amide bonds. The van der Waals surface area contributed by atoms with Crippen LogP contribution in [0.25, 0.3) is 0 Å².